The molecular weight excluding hydrogens is 252 g/mol. The van der Waals surface area contributed by atoms with Crippen LogP contribution in [0.1, 0.15) is 12.5 Å². The summed E-state index contributed by atoms with van der Waals surface area (Å²) in [5.41, 5.74) is 2.17. The molecule has 0 spiro atoms. The van der Waals surface area contributed by atoms with Crippen LogP contribution in [0.4, 0.5) is 23.5 Å². The van der Waals surface area contributed by atoms with Gasteiger partial charge in [-0.2, -0.15) is 15.0 Å². The Labute approximate surface area is 119 Å². The predicted molar refractivity (Wildman–Crippen MR) is 82.8 cm³/mol. The van der Waals surface area contributed by atoms with E-state index in [2.05, 4.69) is 32.5 Å². The van der Waals surface area contributed by atoms with Crippen molar-refractivity contribution in [2.75, 3.05) is 36.2 Å². The Kier molecular flexibility index (Phi) is 4.34. The van der Waals surface area contributed by atoms with Crippen LogP contribution in [0.5, 0.6) is 0 Å². The van der Waals surface area contributed by atoms with Crippen LogP contribution in [-0.4, -0.2) is 35.6 Å². The summed E-state index contributed by atoms with van der Waals surface area (Å²) < 4.78 is 0. The highest BCUT2D eigenvalue weighted by Crippen LogP contribution is 2.17. The highest BCUT2D eigenvalue weighted by atomic mass is 15.3. The van der Waals surface area contributed by atoms with Crippen LogP contribution in [0.25, 0.3) is 0 Å². The number of aryl methyl sites for hydroxylation is 1. The van der Waals surface area contributed by atoms with Crippen LogP contribution in [0.2, 0.25) is 0 Å². The summed E-state index contributed by atoms with van der Waals surface area (Å²) in [5.74, 6) is 1.72. The third-order valence-electron chi connectivity index (χ3n) is 2.67. The third-order valence-corrected chi connectivity index (χ3v) is 2.67. The van der Waals surface area contributed by atoms with Crippen LogP contribution in [-0.2, 0) is 0 Å². The van der Waals surface area contributed by atoms with Gasteiger partial charge >= 0.3 is 0 Å². The summed E-state index contributed by atoms with van der Waals surface area (Å²) in [6.45, 7) is 4.83. The molecule has 1 heterocycles. The van der Waals surface area contributed by atoms with Crippen molar-refractivity contribution in [3.8, 4) is 0 Å². The maximum Gasteiger partial charge on any atom is 0.233 e. The molecule has 6 heteroatoms. The molecule has 0 radical (unpaired) electrons. The Hall–Kier alpha value is -2.37. The second kappa shape index (κ2) is 6.18. The molecule has 0 aliphatic rings. The number of anilines is 4. The first kappa shape index (κ1) is 14.0. The number of nitrogens with one attached hydrogen (secondary N) is 2. The molecule has 6 nitrogen and oxygen atoms in total. The minimum Gasteiger partial charge on any atom is -0.354 e. The maximum absolute atomic E-state index is 4.39. The molecule has 106 valence electrons. The molecule has 2 aromatic rings. The van der Waals surface area contributed by atoms with E-state index >= 15 is 0 Å². The smallest absolute Gasteiger partial charge is 0.233 e. The van der Waals surface area contributed by atoms with Crippen LogP contribution in [0, 0.1) is 6.92 Å². The van der Waals surface area contributed by atoms with Gasteiger partial charge in [-0.15, -0.1) is 0 Å². The number of nitrogens with zero attached hydrogens (tertiary/aromatic N) is 4. The van der Waals surface area contributed by atoms with Crippen molar-refractivity contribution < 1.29 is 0 Å². The van der Waals surface area contributed by atoms with Crippen LogP contribution in [0.15, 0.2) is 24.3 Å². The molecule has 0 unspecified atom stereocenters. The molecule has 2 N–H and O–H groups in total. The first-order valence-electron chi connectivity index (χ1n) is 6.59. The van der Waals surface area contributed by atoms with Gasteiger partial charge in [0.2, 0.25) is 17.8 Å². The zero-order valence-electron chi connectivity index (χ0n) is 12.3. The fourth-order valence-corrected chi connectivity index (χ4v) is 1.62. The minimum atomic E-state index is 0.531. The van der Waals surface area contributed by atoms with Gasteiger partial charge in [-0.25, -0.2) is 0 Å². The monoisotopic (exact) mass is 272 g/mol. The Morgan fingerprint density at radius 2 is 1.65 bits per heavy atom. The quantitative estimate of drug-likeness (QED) is 0.871. The summed E-state index contributed by atoms with van der Waals surface area (Å²) in [7, 11) is 3.81. The molecule has 2 rings (SSSR count). The van der Waals surface area contributed by atoms with E-state index in [-0.39, 0.29) is 0 Å². The van der Waals surface area contributed by atoms with Crippen LogP contribution in [0.3, 0.4) is 0 Å². The summed E-state index contributed by atoms with van der Waals surface area (Å²) in [6, 6.07) is 8.09. The molecule has 0 saturated carbocycles. The molecule has 1 aromatic carbocycles. The summed E-state index contributed by atoms with van der Waals surface area (Å²) in [5, 5.41) is 6.31. The van der Waals surface area contributed by atoms with E-state index in [4.69, 9.17) is 0 Å². The summed E-state index contributed by atoms with van der Waals surface area (Å²) in [4.78, 5) is 14.9. The molecule has 0 atom stereocenters. The Morgan fingerprint density at radius 1 is 1.00 bits per heavy atom. The van der Waals surface area contributed by atoms with Gasteiger partial charge in [0.25, 0.3) is 0 Å². The second-order valence-corrected chi connectivity index (χ2v) is 4.70. The van der Waals surface area contributed by atoms with E-state index in [0.29, 0.717) is 17.8 Å². The molecule has 0 aliphatic carbocycles. The lowest BCUT2D eigenvalue weighted by Crippen LogP contribution is -2.16. The first-order valence-corrected chi connectivity index (χ1v) is 6.59. The molecule has 0 aliphatic heterocycles. The van der Waals surface area contributed by atoms with E-state index in [9.17, 15) is 0 Å². The average molecular weight is 272 g/mol. The lowest BCUT2D eigenvalue weighted by atomic mass is 10.2. The van der Waals surface area contributed by atoms with E-state index in [1.165, 1.54) is 5.56 Å². The van der Waals surface area contributed by atoms with Gasteiger partial charge in [-0.05, 0) is 26.0 Å². The fourth-order valence-electron chi connectivity index (χ4n) is 1.62. The number of rotatable bonds is 5. The van der Waals surface area contributed by atoms with E-state index < -0.39 is 0 Å². The number of hydrogen-bond donors (Lipinski definition) is 2. The molecular formula is C14H20N6. The van der Waals surface area contributed by atoms with Crippen molar-refractivity contribution >= 4 is 23.5 Å². The fraction of sp³-hybridized carbons (Fsp3) is 0.357. The van der Waals surface area contributed by atoms with Crippen molar-refractivity contribution in [2.24, 2.45) is 0 Å². The lowest BCUT2D eigenvalue weighted by molar-refractivity contribution is 0.953. The minimum absolute atomic E-state index is 0.531. The highest BCUT2D eigenvalue weighted by molar-refractivity contribution is 5.56. The van der Waals surface area contributed by atoms with Gasteiger partial charge < -0.3 is 15.5 Å². The van der Waals surface area contributed by atoms with Crippen LogP contribution < -0.4 is 15.5 Å². The normalized spacial score (nSPS) is 10.2. The summed E-state index contributed by atoms with van der Waals surface area (Å²) >= 11 is 0. The van der Waals surface area contributed by atoms with Gasteiger partial charge in [-0.1, -0.05) is 17.7 Å². The number of hydrogen-bond acceptors (Lipinski definition) is 6. The molecule has 1 aromatic heterocycles. The Bertz CT molecular complexity index is 564. The lowest BCUT2D eigenvalue weighted by Gasteiger charge is -2.13. The zero-order valence-corrected chi connectivity index (χ0v) is 12.3. The first-order chi connectivity index (χ1) is 9.58. The van der Waals surface area contributed by atoms with Gasteiger partial charge in [0.05, 0.1) is 0 Å². The van der Waals surface area contributed by atoms with Crippen molar-refractivity contribution in [3.05, 3.63) is 29.8 Å². The molecule has 20 heavy (non-hydrogen) atoms. The molecule has 0 bridgehead atoms. The Balaban J connectivity index is 2.27. The highest BCUT2D eigenvalue weighted by Gasteiger charge is 2.07. The van der Waals surface area contributed by atoms with Crippen molar-refractivity contribution in [1.82, 2.24) is 15.0 Å². The van der Waals surface area contributed by atoms with Crippen molar-refractivity contribution in [3.63, 3.8) is 0 Å². The van der Waals surface area contributed by atoms with Crippen LogP contribution >= 0.6 is 0 Å². The van der Waals surface area contributed by atoms with Crippen molar-refractivity contribution in [2.45, 2.75) is 13.8 Å². The van der Waals surface area contributed by atoms with Gasteiger partial charge in [0.15, 0.2) is 0 Å². The van der Waals surface area contributed by atoms with Gasteiger partial charge in [0.1, 0.15) is 0 Å². The molecule has 0 amide bonds. The second-order valence-electron chi connectivity index (χ2n) is 4.70. The summed E-state index contributed by atoms with van der Waals surface area (Å²) in [6.07, 6.45) is 0. The van der Waals surface area contributed by atoms with Gasteiger partial charge in [0, 0.05) is 26.3 Å². The van der Waals surface area contributed by atoms with E-state index in [1.54, 1.807) is 0 Å². The maximum atomic E-state index is 4.39. The average Bonchev–Trinajstić information content (AvgIpc) is 2.41. The third kappa shape index (κ3) is 3.57. The molecule has 0 saturated heterocycles. The molecule has 0 fully saturated rings. The number of benzene rings is 1. The van der Waals surface area contributed by atoms with E-state index in [0.717, 1.165) is 12.2 Å². The van der Waals surface area contributed by atoms with Crippen molar-refractivity contribution in [1.29, 1.82) is 0 Å². The topological polar surface area (TPSA) is 66.0 Å². The van der Waals surface area contributed by atoms with E-state index in [1.807, 2.05) is 50.2 Å². The zero-order chi connectivity index (χ0) is 14.5. The largest absolute Gasteiger partial charge is 0.354 e. The standard InChI is InChI=1S/C14H20N6/c1-5-15-12-17-13(19-14(18-12)20(3)4)16-11-8-6-10(2)7-9-11/h6-9H,5H2,1-4H3,(H2,15,16,17,18,19). The van der Waals surface area contributed by atoms with Gasteiger partial charge in [-0.3, -0.25) is 0 Å². The Morgan fingerprint density at radius 3 is 2.25 bits per heavy atom. The number of aromatic nitrogens is 3. The predicted octanol–water partition coefficient (Wildman–Crippen LogP) is 2.42. The SMILES string of the molecule is CCNc1nc(Nc2ccc(C)cc2)nc(N(C)C)n1.